The summed E-state index contributed by atoms with van der Waals surface area (Å²) in [7, 11) is 0. The van der Waals surface area contributed by atoms with Gasteiger partial charge in [0.1, 0.15) is 11.3 Å². The van der Waals surface area contributed by atoms with Crippen molar-refractivity contribution in [1.29, 1.82) is 0 Å². The molecule has 0 radical (unpaired) electrons. The van der Waals surface area contributed by atoms with Crippen LogP contribution in [0, 0.1) is 24.7 Å². The summed E-state index contributed by atoms with van der Waals surface area (Å²) in [6.07, 6.45) is 0.991. The van der Waals surface area contributed by atoms with E-state index in [1.165, 1.54) is 5.56 Å². The van der Waals surface area contributed by atoms with Gasteiger partial charge >= 0.3 is 5.97 Å². The lowest BCUT2D eigenvalue weighted by molar-refractivity contribution is -0.141. The zero-order valence-corrected chi connectivity index (χ0v) is 14.4. The minimum absolute atomic E-state index is 0.408. The predicted molar refractivity (Wildman–Crippen MR) is 98.5 cm³/mol. The summed E-state index contributed by atoms with van der Waals surface area (Å²) in [5.41, 5.74) is 3.86. The Balaban J connectivity index is 1.83. The molecule has 0 spiro atoms. The first-order valence-electron chi connectivity index (χ1n) is 8.39. The van der Waals surface area contributed by atoms with Crippen LogP contribution in [0.15, 0.2) is 52.9 Å². The Morgan fingerprint density at radius 3 is 2.44 bits per heavy atom. The van der Waals surface area contributed by atoms with Crippen molar-refractivity contribution in [2.24, 2.45) is 5.92 Å². The molecule has 1 aromatic heterocycles. The smallest absolute Gasteiger partial charge is 0.306 e. The number of carboxylic acid groups (broad SMARTS) is 1. The number of aliphatic carboxylic acids is 1. The number of benzene rings is 2. The van der Waals surface area contributed by atoms with Crippen LogP contribution in [0.3, 0.4) is 0 Å². The van der Waals surface area contributed by atoms with Gasteiger partial charge in [-0.3, -0.25) is 4.79 Å². The zero-order valence-electron chi connectivity index (χ0n) is 14.4. The fourth-order valence-corrected chi connectivity index (χ4v) is 2.71. The monoisotopic (exact) mass is 332 g/mol. The van der Waals surface area contributed by atoms with Crippen molar-refractivity contribution < 1.29 is 14.3 Å². The van der Waals surface area contributed by atoms with Crippen LogP contribution < -0.4 is 0 Å². The number of rotatable bonds is 4. The van der Waals surface area contributed by atoms with Crippen molar-refractivity contribution in [2.45, 2.75) is 26.7 Å². The Kier molecular flexibility index (Phi) is 4.90. The average Bonchev–Trinajstić information content (AvgIpc) is 3.00. The Labute approximate surface area is 147 Å². The molecule has 0 fully saturated rings. The fraction of sp³-hybridized carbons (Fsp3) is 0.227. The van der Waals surface area contributed by atoms with Crippen molar-refractivity contribution in [3.05, 3.63) is 71.0 Å². The highest BCUT2D eigenvalue weighted by Crippen LogP contribution is 2.23. The van der Waals surface area contributed by atoms with Gasteiger partial charge < -0.3 is 9.52 Å². The normalized spacial score (nSPS) is 11.8. The number of carboxylic acids is 1. The second-order valence-corrected chi connectivity index (χ2v) is 6.23. The van der Waals surface area contributed by atoms with Crippen LogP contribution in [0.2, 0.25) is 0 Å². The summed E-state index contributed by atoms with van der Waals surface area (Å²) in [6, 6.07) is 15.8. The summed E-state index contributed by atoms with van der Waals surface area (Å²) in [5, 5.41) is 10.1. The molecule has 0 aliphatic rings. The molecule has 2 aromatic carbocycles. The van der Waals surface area contributed by atoms with Gasteiger partial charge in [0.05, 0.1) is 5.92 Å². The molecule has 3 heteroatoms. The third kappa shape index (κ3) is 4.10. The first-order chi connectivity index (χ1) is 12.0. The molecule has 0 saturated carbocycles. The number of aryl methyl sites for hydroxylation is 1. The quantitative estimate of drug-likeness (QED) is 0.699. The van der Waals surface area contributed by atoms with E-state index in [0.717, 1.165) is 22.1 Å². The molecule has 1 atom stereocenters. The van der Waals surface area contributed by atoms with E-state index in [9.17, 15) is 9.90 Å². The Hall–Kier alpha value is -2.99. The highest BCUT2D eigenvalue weighted by atomic mass is 16.4. The molecule has 3 nitrogen and oxygen atoms in total. The standard InChI is InChI=1S/C22H20O3/c1-3-18(22(23)24)13-20-14-19-12-17(10-11-21(19)25-20)9-8-16-6-4-15(2)5-7-16/h4-7,10-12,14,18H,3,13H2,1-2H3,(H,23,24)/t18-/m1/s1. The van der Waals surface area contributed by atoms with Crippen LogP contribution in [-0.4, -0.2) is 11.1 Å². The maximum atomic E-state index is 11.2. The average molecular weight is 332 g/mol. The third-order valence-electron chi connectivity index (χ3n) is 4.26. The van der Waals surface area contributed by atoms with E-state index in [1.54, 1.807) is 0 Å². The van der Waals surface area contributed by atoms with Crippen LogP contribution in [0.5, 0.6) is 0 Å². The van der Waals surface area contributed by atoms with Gasteiger partial charge in [0.25, 0.3) is 0 Å². The van der Waals surface area contributed by atoms with Crippen LogP contribution in [0.1, 0.15) is 35.8 Å². The lowest BCUT2D eigenvalue weighted by Crippen LogP contribution is -2.14. The molecule has 1 N–H and O–H groups in total. The second-order valence-electron chi connectivity index (χ2n) is 6.23. The van der Waals surface area contributed by atoms with Crippen molar-refractivity contribution in [1.82, 2.24) is 0 Å². The minimum atomic E-state index is -0.785. The molecule has 0 bridgehead atoms. The fourth-order valence-electron chi connectivity index (χ4n) is 2.71. The van der Waals surface area contributed by atoms with Gasteiger partial charge in [-0.15, -0.1) is 0 Å². The van der Waals surface area contributed by atoms with E-state index in [1.807, 2.05) is 55.5 Å². The molecule has 0 aliphatic carbocycles. The van der Waals surface area contributed by atoms with Gasteiger partial charge in [-0.05, 0) is 49.7 Å². The summed E-state index contributed by atoms with van der Waals surface area (Å²) < 4.78 is 5.77. The number of carbonyl (C=O) groups is 1. The first kappa shape index (κ1) is 16.9. The predicted octanol–water partition coefficient (Wildman–Crippen LogP) is 4.79. The molecule has 0 unspecified atom stereocenters. The second kappa shape index (κ2) is 7.27. The molecular weight excluding hydrogens is 312 g/mol. The van der Waals surface area contributed by atoms with Crippen LogP contribution in [0.25, 0.3) is 11.0 Å². The number of hydrogen-bond acceptors (Lipinski definition) is 2. The van der Waals surface area contributed by atoms with Crippen molar-refractivity contribution in [2.75, 3.05) is 0 Å². The van der Waals surface area contributed by atoms with Gasteiger partial charge in [0.15, 0.2) is 0 Å². The zero-order chi connectivity index (χ0) is 17.8. The van der Waals surface area contributed by atoms with Crippen molar-refractivity contribution in [3.8, 4) is 11.8 Å². The number of furan rings is 1. The molecule has 3 aromatic rings. The van der Waals surface area contributed by atoms with Gasteiger partial charge in [0, 0.05) is 22.9 Å². The van der Waals surface area contributed by atoms with E-state index in [2.05, 4.69) is 18.8 Å². The van der Waals surface area contributed by atoms with Crippen LogP contribution in [-0.2, 0) is 11.2 Å². The maximum Gasteiger partial charge on any atom is 0.306 e. The molecule has 1 heterocycles. The number of hydrogen-bond donors (Lipinski definition) is 1. The van der Waals surface area contributed by atoms with E-state index in [0.29, 0.717) is 18.6 Å². The van der Waals surface area contributed by atoms with Gasteiger partial charge in [-0.1, -0.05) is 36.5 Å². The first-order valence-corrected chi connectivity index (χ1v) is 8.39. The summed E-state index contributed by atoms with van der Waals surface area (Å²) in [4.78, 5) is 11.2. The maximum absolute atomic E-state index is 11.2. The summed E-state index contributed by atoms with van der Waals surface area (Å²) >= 11 is 0. The van der Waals surface area contributed by atoms with Crippen LogP contribution >= 0.6 is 0 Å². The number of fused-ring (bicyclic) bond motifs is 1. The summed E-state index contributed by atoms with van der Waals surface area (Å²) in [6.45, 7) is 3.93. The van der Waals surface area contributed by atoms with Gasteiger partial charge in [0.2, 0.25) is 0 Å². The van der Waals surface area contributed by atoms with Crippen molar-refractivity contribution >= 4 is 16.9 Å². The Morgan fingerprint density at radius 1 is 1.08 bits per heavy atom. The lowest BCUT2D eigenvalue weighted by atomic mass is 10.0. The SMILES string of the molecule is CC[C@H](Cc1cc2cc(C#Cc3ccc(C)cc3)ccc2o1)C(=O)O. The summed E-state index contributed by atoms with van der Waals surface area (Å²) in [5.74, 6) is 5.83. The Bertz CT molecular complexity index is 952. The lowest BCUT2D eigenvalue weighted by Gasteiger charge is -2.06. The largest absolute Gasteiger partial charge is 0.481 e. The van der Waals surface area contributed by atoms with E-state index in [-0.39, 0.29) is 0 Å². The third-order valence-corrected chi connectivity index (χ3v) is 4.26. The Morgan fingerprint density at radius 2 is 1.76 bits per heavy atom. The highest BCUT2D eigenvalue weighted by Gasteiger charge is 2.18. The topological polar surface area (TPSA) is 50.4 Å². The van der Waals surface area contributed by atoms with E-state index in [4.69, 9.17) is 4.42 Å². The van der Waals surface area contributed by atoms with Crippen molar-refractivity contribution in [3.63, 3.8) is 0 Å². The molecular formula is C22H20O3. The van der Waals surface area contributed by atoms with E-state index < -0.39 is 11.9 Å². The minimum Gasteiger partial charge on any atom is -0.481 e. The molecule has 3 rings (SSSR count). The van der Waals surface area contributed by atoms with Crippen LogP contribution in [0.4, 0.5) is 0 Å². The van der Waals surface area contributed by atoms with E-state index >= 15 is 0 Å². The molecule has 0 saturated heterocycles. The molecule has 25 heavy (non-hydrogen) atoms. The van der Waals surface area contributed by atoms with Gasteiger partial charge in [-0.25, -0.2) is 0 Å². The molecule has 0 amide bonds. The highest BCUT2D eigenvalue weighted by molar-refractivity contribution is 5.80. The molecule has 0 aliphatic heterocycles. The van der Waals surface area contributed by atoms with Gasteiger partial charge in [-0.2, -0.15) is 0 Å². The molecule has 126 valence electrons.